The smallest absolute Gasteiger partial charge is 0.341 e. The van der Waals surface area contributed by atoms with E-state index in [-0.39, 0.29) is 11.3 Å². The highest BCUT2D eigenvalue weighted by Gasteiger charge is 2.19. The van der Waals surface area contributed by atoms with Gasteiger partial charge in [-0.2, -0.15) is 5.26 Å². The highest BCUT2D eigenvalue weighted by atomic mass is 16.6. The van der Waals surface area contributed by atoms with Gasteiger partial charge in [-0.1, -0.05) is 0 Å². The molecule has 150 valence electrons. The number of esters is 1. The lowest BCUT2D eigenvalue weighted by molar-refractivity contribution is -0.384. The first-order valence-electron chi connectivity index (χ1n) is 8.43. The molecule has 1 amide bonds. The molecule has 2 aromatic carbocycles. The number of hydrogen-bond acceptors (Lipinski definition) is 8. The first kappa shape index (κ1) is 21.3. The maximum Gasteiger partial charge on any atom is 0.341 e. The van der Waals surface area contributed by atoms with Crippen molar-refractivity contribution in [2.45, 2.75) is 0 Å². The Hall–Kier alpha value is -3.97. The predicted molar refractivity (Wildman–Crippen MR) is 104 cm³/mol. The highest BCUT2D eigenvalue weighted by molar-refractivity contribution is 5.99. The van der Waals surface area contributed by atoms with Crippen molar-refractivity contribution in [2.24, 2.45) is 0 Å². The summed E-state index contributed by atoms with van der Waals surface area (Å²) in [4.78, 5) is 34.7. The molecular formula is C19H18N4O6. The molecule has 10 heteroatoms. The molecule has 0 fully saturated rings. The lowest BCUT2D eigenvalue weighted by Gasteiger charge is -2.12. The van der Waals surface area contributed by atoms with Gasteiger partial charge >= 0.3 is 5.97 Å². The maximum atomic E-state index is 12.4. The largest absolute Gasteiger partial charge is 0.452 e. The van der Waals surface area contributed by atoms with Gasteiger partial charge in [0.25, 0.3) is 11.6 Å². The van der Waals surface area contributed by atoms with E-state index in [0.29, 0.717) is 30.1 Å². The monoisotopic (exact) mass is 398 g/mol. The van der Waals surface area contributed by atoms with Crippen molar-refractivity contribution in [1.82, 2.24) is 0 Å². The van der Waals surface area contributed by atoms with Gasteiger partial charge in [0.05, 0.1) is 28.7 Å². The second-order valence-corrected chi connectivity index (χ2v) is 5.72. The number of nitro benzene ring substituents is 1. The summed E-state index contributed by atoms with van der Waals surface area (Å²) in [6.07, 6.45) is 0. The average molecular weight is 398 g/mol. The maximum absolute atomic E-state index is 12.4. The number of ether oxygens (including phenoxy) is 2. The summed E-state index contributed by atoms with van der Waals surface area (Å²) in [6.45, 7) is 0.144. The first-order valence-corrected chi connectivity index (χ1v) is 8.43. The number of amides is 1. The second kappa shape index (κ2) is 10.4. The Balaban J connectivity index is 2.03. The van der Waals surface area contributed by atoms with Crippen molar-refractivity contribution < 1.29 is 24.0 Å². The molecule has 0 saturated carbocycles. The van der Waals surface area contributed by atoms with Crippen LogP contribution in [0.4, 0.5) is 17.1 Å². The fourth-order valence-electron chi connectivity index (χ4n) is 2.29. The fourth-order valence-corrected chi connectivity index (χ4v) is 2.29. The van der Waals surface area contributed by atoms with E-state index in [2.05, 4.69) is 10.6 Å². The molecule has 0 heterocycles. The Kier molecular flexibility index (Phi) is 7.64. The number of nitrogens with one attached hydrogen (secondary N) is 2. The van der Waals surface area contributed by atoms with Gasteiger partial charge in [-0.05, 0) is 30.3 Å². The van der Waals surface area contributed by atoms with Crippen molar-refractivity contribution in [3.05, 3.63) is 63.7 Å². The zero-order valence-corrected chi connectivity index (χ0v) is 15.5. The van der Waals surface area contributed by atoms with Crippen molar-refractivity contribution in [3.8, 4) is 6.07 Å². The lowest BCUT2D eigenvalue weighted by Crippen LogP contribution is -2.21. The quantitative estimate of drug-likeness (QED) is 0.283. The number of nitriles is 1. The first-order chi connectivity index (χ1) is 13.9. The number of benzene rings is 2. The molecule has 29 heavy (non-hydrogen) atoms. The Morgan fingerprint density at radius 2 is 1.93 bits per heavy atom. The molecule has 10 nitrogen and oxygen atoms in total. The molecule has 2 rings (SSSR count). The summed E-state index contributed by atoms with van der Waals surface area (Å²) < 4.78 is 9.91. The van der Waals surface area contributed by atoms with Gasteiger partial charge in [0.2, 0.25) is 0 Å². The zero-order valence-electron chi connectivity index (χ0n) is 15.5. The standard InChI is InChI=1S/C19H18N4O6/c1-28-9-8-21-17-7-6-15(23(26)27)10-16(17)19(25)29-12-18(24)22-14-4-2-13(11-20)3-5-14/h2-7,10,21H,8-9,12H2,1H3,(H,22,24). The van der Waals surface area contributed by atoms with Gasteiger partial charge in [0, 0.05) is 37.2 Å². The summed E-state index contributed by atoms with van der Waals surface area (Å²) in [5.74, 6) is -1.48. The Bertz CT molecular complexity index is 937. The number of nitro groups is 1. The number of anilines is 2. The molecule has 0 bridgehead atoms. The molecule has 0 aromatic heterocycles. The second-order valence-electron chi connectivity index (χ2n) is 5.72. The molecule has 2 aromatic rings. The minimum atomic E-state index is -0.886. The number of carbonyl (C=O) groups is 2. The van der Waals surface area contributed by atoms with E-state index in [1.165, 1.54) is 43.5 Å². The SMILES string of the molecule is COCCNc1ccc([N+](=O)[O-])cc1C(=O)OCC(=O)Nc1ccc(C#N)cc1. The van der Waals surface area contributed by atoms with Crippen LogP contribution in [0.5, 0.6) is 0 Å². The van der Waals surface area contributed by atoms with E-state index in [0.717, 1.165) is 6.07 Å². The molecule has 0 spiro atoms. The van der Waals surface area contributed by atoms with Crippen LogP contribution in [-0.4, -0.2) is 43.7 Å². The van der Waals surface area contributed by atoms with Gasteiger partial charge in [-0.3, -0.25) is 14.9 Å². The van der Waals surface area contributed by atoms with Crippen LogP contribution in [0.15, 0.2) is 42.5 Å². The zero-order chi connectivity index (χ0) is 21.2. The summed E-state index contributed by atoms with van der Waals surface area (Å²) in [5, 5.41) is 25.2. The van der Waals surface area contributed by atoms with Crippen molar-refractivity contribution in [1.29, 1.82) is 5.26 Å². The van der Waals surface area contributed by atoms with Crippen molar-refractivity contribution in [2.75, 3.05) is 37.5 Å². The van der Waals surface area contributed by atoms with Crippen LogP contribution in [0.2, 0.25) is 0 Å². The van der Waals surface area contributed by atoms with Crippen LogP contribution < -0.4 is 10.6 Å². The van der Waals surface area contributed by atoms with E-state index in [4.69, 9.17) is 14.7 Å². The Morgan fingerprint density at radius 1 is 1.21 bits per heavy atom. The molecule has 2 N–H and O–H groups in total. The normalized spacial score (nSPS) is 9.93. The topological polar surface area (TPSA) is 144 Å². The molecule has 0 saturated heterocycles. The Morgan fingerprint density at radius 3 is 2.55 bits per heavy atom. The van der Waals surface area contributed by atoms with Crippen LogP contribution in [0.25, 0.3) is 0 Å². The average Bonchev–Trinajstić information content (AvgIpc) is 2.72. The van der Waals surface area contributed by atoms with Crippen LogP contribution >= 0.6 is 0 Å². The minimum absolute atomic E-state index is 0.0681. The number of non-ortho nitro benzene ring substituents is 1. The van der Waals surface area contributed by atoms with Crippen LogP contribution in [0.3, 0.4) is 0 Å². The third-order valence-corrected chi connectivity index (χ3v) is 3.69. The van der Waals surface area contributed by atoms with Gasteiger partial charge in [-0.15, -0.1) is 0 Å². The van der Waals surface area contributed by atoms with Crippen molar-refractivity contribution in [3.63, 3.8) is 0 Å². The van der Waals surface area contributed by atoms with Gasteiger partial charge in [0.15, 0.2) is 6.61 Å². The number of nitrogens with zero attached hydrogens (tertiary/aromatic N) is 2. The molecular weight excluding hydrogens is 380 g/mol. The number of carbonyl (C=O) groups excluding carboxylic acids is 2. The highest BCUT2D eigenvalue weighted by Crippen LogP contribution is 2.23. The van der Waals surface area contributed by atoms with Crippen LogP contribution in [0.1, 0.15) is 15.9 Å². The fraction of sp³-hybridized carbons (Fsp3) is 0.211. The summed E-state index contributed by atoms with van der Waals surface area (Å²) in [6, 6.07) is 11.8. The van der Waals surface area contributed by atoms with E-state index in [1.807, 2.05) is 6.07 Å². The van der Waals surface area contributed by atoms with Gasteiger partial charge < -0.3 is 20.1 Å². The van der Waals surface area contributed by atoms with Crippen LogP contribution in [0, 0.1) is 21.4 Å². The van der Waals surface area contributed by atoms with E-state index >= 15 is 0 Å². The number of hydrogen-bond donors (Lipinski definition) is 2. The molecule has 0 aliphatic heterocycles. The van der Waals surface area contributed by atoms with E-state index < -0.39 is 23.4 Å². The van der Waals surface area contributed by atoms with Crippen molar-refractivity contribution >= 4 is 28.9 Å². The molecule has 0 atom stereocenters. The minimum Gasteiger partial charge on any atom is -0.452 e. The third kappa shape index (κ3) is 6.30. The van der Waals surface area contributed by atoms with E-state index in [1.54, 1.807) is 0 Å². The summed E-state index contributed by atoms with van der Waals surface area (Å²) in [5.41, 5.74) is 0.846. The molecule has 0 aliphatic carbocycles. The van der Waals surface area contributed by atoms with E-state index in [9.17, 15) is 19.7 Å². The summed E-state index contributed by atoms with van der Waals surface area (Å²) >= 11 is 0. The number of methoxy groups -OCH3 is 1. The molecule has 0 aliphatic rings. The Labute approximate surface area is 166 Å². The lowest BCUT2D eigenvalue weighted by atomic mass is 10.1. The number of rotatable bonds is 9. The van der Waals surface area contributed by atoms with Gasteiger partial charge in [0.1, 0.15) is 0 Å². The summed E-state index contributed by atoms with van der Waals surface area (Å²) in [7, 11) is 1.51. The van der Waals surface area contributed by atoms with Gasteiger partial charge in [-0.25, -0.2) is 4.79 Å². The third-order valence-electron chi connectivity index (χ3n) is 3.69. The molecule has 0 radical (unpaired) electrons. The predicted octanol–water partition coefficient (Wildman–Crippen LogP) is 2.32. The molecule has 0 unspecified atom stereocenters. The van der Waals surface area contributed by atoms with Crippen LogP contribution in [-0.2, 0) is 14.3 Å².